The second-order valence-corrected chi connectivity index (χ2v) is 7.85. The van der Waals surface area contributed by atoms with Crippen LogP contribution in [0.2, 0.25) is 0 Å². The van der Waals surface area contributed by atoms with Crippen molar-refractivity contribution in [3.63, 3.8) is 0 Å². The normalized spacial score (nSPS) is 12.3. The zero-order chi connectivity index (χ0) is 26.3. The van der Waals surface area contributed by atoms with E-state index in [0.29, 0.717) is 23.0 Å². The zero-order valence-electron chi connectivity index (χ0n) is 19.1. The van der Waals surface area contributed by atoms with Crippen molar-refractivity contribution in [2.24, 2.45) is 5.10 Å². The van der Waals surface area contributed by atoms with Crippen molar-refractivity contribution in [3.8, 4) is 11.4 Å². The Bertz CT molecular complexity index is 1230. The summed E-state index contributed by atoms with van der Waals surface area (Å²) >= 11 is 5.24. The zero-order valence-corrected chi connectivity index (χ0v) is 19.9. The largest absolute Gasteiger partial charge is 0.499 e. The first kappa shape index (κ1) is 26.7. The number of anilines is 1. The first-order valence-corrected chi connectivity index (χ1v) is 10.8. The van der Waals surface area contributed by atoms with Crippen LogP contribution in [0.25, 0.3) is 11.8 Å². The molecule has 3 rings (SSSR count). The van der Waals surface area contributed by atoms with Gasteiger partial charge in [0.2, 0.25) is 0 Å². The van der Waals surface area contributed by atoms with Crippen molar-refractivity contribution in [1.29, 1.82) is 0 Å². The number of thiocarbonyl (C=S) groups is 1. The Balaban J connectivity index is 1.48. The lowest BCUT2D eigenvalue weighted by Crippen LogP contribution is -2.41. The molecule has 3 aromatic rings. The van der Waals surface area contributed by atoms with Crippen molar-refractivity contribution in [3.05, 3.63) is 71.8 Å². The Hall–Kier alpha value is -3.87. The molecule has 0 spiro atoms. The van der Waals surface area contributed by atoms with E-state index in [9.17, 15) is 22.0 Å². The van der Waals surface area contributed by atoms with Gasteiger partial charge in [0, 0.05) is 18.3 Å². The molecule has 0 radical (unpaired) electrons. The Labute approximate surface area is 208 Å². The Morgan fingerprint density at radius 1 is 1.08 bits per heavy atom. The summed E-state index contributed by atoms with van der Waals surface area (Å²) in [5, 5.41) is 11.7. The van der Waals surface area contributed by atoms with E-state index in [1.807, 2.05) is 32.0 Å². The van der Waals surface area contributed by atoms with E-state index in [4.69, 9.17) is 12.2 Å². The van der Waals surface area contributed by atoms with Crippen molar-refractivity contribution in [2.45, 2.75) is 32.6 Å². The molecule has 0 amide bonds. The van der Waals surface area contributed by atoms with E-state index < -0.39 is 18.0 Å². The van der Waals surface area contributed by atoms with Gasteiger partial charge in [-0.15, -0.1) is 5.10 Å². The van der Waals surface area contributed by atoms with Crippen LogP contribution < -0.4 is 15.5 Å². The van der Waals surface area contributed by atoms with Crippen LogP contribution in [-0.4, -0.2) is 38.4 Å². The highest BCUT2D eigenvalue weighted by molar-refractivity contribution is 7.80. The second kappa shape index (κ2) is 11.2. The van der Waals surface area contributed by atoms with E-state index in [0.717, 1.165) is 28.9 Å². The maximum Gasteiger partial charge on any atom is 0.499 e. The smallest absolute Gasteiger partial charge is 0.426 e. The number of aryl methyl sites for hydroxylation is 2. The molecule has 0 aliphatic rings. The number of hydrazone groups is 1. The lowest BCUT2D eigenvalue weighted by molar-refractivity contribution is -0.360. The van der Waals surface area contributed by atoms with Gasteiger partial charge in [-0.2, -0.15) is 27.1 Å². The molecule has 0 bridgehead atoms. The van der Waals surface area contributed by atoms with E-state index in [1.165, 1.54) is 23.1 Å². The van der Waals surface area contributed by atoms with Gasteiger partial charge >= 0.3 is 12.3 Å². The van der Waals surface area contributed by atoms with E-state index in [2.05, 4.69) is 30.7 Å². The number of allylic oxidation sites excluding steroid dienone is 1. The minimum atomic E-state index is -5.82. The highest BCUT2D eigenvalue weighted by Gasteiger charge is 2.61. The van der Waals surface area contributed by atoms with Crippen LogP contribution in [0.3, 0.4) is 0 Å². The summed E-state index contributed by atoms with van der Waals surface area (Å²) in [7, 11) is 0. The van der Waals surface area contributed by atoms with E-state index in [1.54, 1.807) is 18.4 Å². The highest BCUT2D eigenvalue weighted by atomic mass is 32.1. The molecule has 2 aromatic carbocycles. The molecule has 0 aliphatic carbocycles. The van der Waals surface area contributed by atoms with Gasteiger partial charge in [-0.1, -0.05) is 24.3 Å². The molecule has 0 atom stereocenters. The van der Waals surface area contributed by atoms with Gasteiger partial charge in [-0.25, -0.2) is 9.67 Å². The average Bonchev–Trinajstić information content (AvgIpc) is 3.27. The molecule has 36 heavy (non-hydrogen) atoms. The quantitative estimate of drug-likeness (QED) is 0.168. The van der Waals surface area contributed by atoms with E-state index >= 15 is 0 Å². The van der Waals surface area contributed by atoms with Crippen LogP contribution in [-0.2, 0) is 0 Å². The Morgan fingerprint density at radius 2 is 1.75 bits per heavy atom. The minimum absolute atomic E-state index is 0.353. The molecule has 0 fully saturated rings. The molecular formula is C23H21F5N6OS. The summed E-state index contributed by atoms with van der Waals surface area (Å²) in [4.78, 5) is 4.09. The summed E-state index contributed by atoms with van der Waals surface area (Å²) in [6, 6.07) is 10.4. The number of hydrogen-bond acceptors (Lipinski definition) is 5. The fourth-order valence-corrected chi connectivity index (χ4v) is 3.05. The molecule has 190 valence electrons. The van der Waals surface area contributed by atoms with Crippen LogP contribution in [0.4, 0.5) is 27.6 Å². The number of nitrogens with zero attached hydrogens (tertiary/aromatic N) is 4. The maximum atomic E-state index is 13.0. The molecule has 0 saturated heterocycles. The van der Waals surface area contributed by atoms with Crippen molar-refractivity contribution in [2.75, 3.05) is 5.32 Å². The minimum Gasteiger partial charge on any atom is -0.426 e. The third-order valence-corrected chi connectivity index (χ3v) is 4.87. The summed E-state index contributed by atoms with van der Waals surface area (Å²) in [6.45, 7) is 3.95. The maximum absolute atomic E-state index is 13.0. The fraction of sp³-hybridized carbons (Fsp3) is 0.217. The molecule has 7 nitrogen and oxygen atoms in total. The Morgan fingerprint density at radius 3 is 2.39 bits per heavy atom. The molecule has 2 N–H and O–H groups in total. The number of halogens is 5. The molecule has 0 saturated carbocycles. The molecule has 1 heterocycles. The molecule has 0 unspecified atom stereocenters. The lowest BCUT2D eigenvalue weighted by atomic mass is 10.1. The van der Waals surface area contributed by atoms with Gasteiger partial charge in [-0.3, -0.25) is 5.43 Å². The molecule has 0 aliphatic heterocycles. The number of ether oxygens (including phenoxy) is 1. The number of para-hydroxylation sites is 1. The predicted molar refractivity (Wildman–Crippen MR) is 130 cm³/mol. The summed E-state index contributed by atoms with van der Waals surface area (Å²) in [5.41, 5.74) is 6.17. The molecule has 1 aromatic heterocycles. The SMILES string of the molecule is Cc1cccc(C)c1NC(=S)N/N=C/C/C=C/c1ncn(-c2ccc(OC(F)(F)C(F)(F)F)cc2)n1. The van der Waals surface area contributed by atoms with Crippen LogP contribution >= 0.6 is 12.2 Å². The van der Waals surface area contributed by atoms with Gasteiger partial charge < -0.3 is 10.1 Å². The third kappa shape index (κ3) is 7.07. The van der Waals surface area contributed by atoms with Crippen molar-refractivity contribution in [1.82, 2.24) is 20.2 Å². The highest BCUT2D eigenvalue weighted by Crippen LogP contribution is 2.37. The Kier molecular flexibility index (Phi) is 8.35. The van der Waals surface area contributed by atoms with Gasteiger partial charge in [0.25, 0.3) is 0 Å². The summed E-state index contributed by atoms with van der Waals surface area (Å²) in [6.07, 6.45) is -4.30. The van der Waals surface area contributed by atoms with Crippen LogP contribution in [0, 0.1) is 13.8 Å². The van der Waals surface area contributed by atoms with Crippen LogP contribution in [0.1, 0.15) is 23.4 Å². The van der Waals surface area contributed by atoms with Gasteiger partial charge in [0.15, 0.2) is 10.9 Å². The van der Waals surface area contributed by atoms with Crippen molar-refractivity contribution >= 4 is 35.3 Å². The topological polar surface area (TPSA) is 76.4 Å². The van der Waals surface area contributed by atoms with E-state index in [-0.39, 0.29) is 0 Å². The molecule has 13 heteroatoms. The van der Waals surface area contributed by atoms with Crippen LogP contribution in [0.15, 0.2) is 60.0 Å². The van der Waals surface area contributed by atoms with Gasteiger partial charge in [-0.05, 0) is 67.5 Å². The molecular weight excluding hydrogens is 503 g/mol. The fourth-order valence-electron chi connectivity index (χ4n) is 2.89. The number of rotatable bonds is 8. The predicted octanol–water partition coefficient (Wildman–Crippen LogP) is 5.79. The monoisotopic (exact) mass is 524 g/mol. The number of hydrogen-bond donors (Lipinski definition) is 2. The lowest BCUT2D eigenvalue weighted by Gasteiger charge is -2.20. The number of nitrogens with one attached hydrogen (secondary N) is 2. The summed E-state index contributed by atoms with van der Waals surface area (Å²) in [5.74, 6) is -0.287. The van der Waals surface area contributed by atoms with Gasteiger partial charge in [0.1, 0.15) is 12.1 Å². The number of alkyl halides is 5. The summed E-state index contributed by atoms with van der Waals surface area (Å²) < 4.78 is 67.8. The van der Waals surface area contributed by atoms with Crippen LogP contribution in [0.5, 0.6) is 5.75 Å². The second-order valence-electron chi connectivity index (χ2n) is 7.44. The third-order valence-electron chi connectivity index (χ3n) is 4.67. The average molecular weight is 525 g/mol. The standard InChI is InChI=1S/C23H21F5N6OS/c1-15-6-5-7-16(2)20(15)31-21(36)32-30-13-4-3-8-19-29-14-34(33-19)17-9-11-18(12-10-17)35-23(27,28)22(24,25)26/h3,5-14H,4H2,1-2H3,(H2,31,32,36)/b8-3+,30-13+. The first-order chi connectivity index (χ1) is 17.0. The van der Waals surface area contributed by atoms with Crippen molar-refractivity contribution < 1.29 is 26.7 Å². The first-order valence-electron chi connectivity index (χ1n) is 10.4. The number of benzene rings is 2. The van der Waals surface area contributed by atoms with Gasteiger partial charge in [0.05, 0.1) is 5.69 Å². The number of aromatic nitrogens is 3.